The third kappa shape index (κ3) is 3.37. The Morgan fingerprint density at radius 3 is 2.25 bits per heavy atom. The van der Waals surface area contributed by atoms with E-state index in [1.165, 1.54) is 17.7 Å². The molecular weight excluding hydrogens is 354 g/mol. The van der Waals surface area contributed by atoms with Gasteiger partial charge in [0.05, 0.1) is 13.2 Å². The Hall–Kier alpha value is -2.48. The smallest absolute Gasteiger partial charge is 0.135 e. The highest BCUT2D eigenvalue weighted by molar-refractivity contribution is 5.55. The Morgan fingerprint density at radius 1 is 0.821 bits per heavy atom. The molecular formula is C20H27N7O. The van der Waals surface area contributed by atoms with Crippen molar-refractivity contribution in [1.29, 1.82) is 0 Å². The zero-order chi connectivity index (χ0) is 18.9. The number of rotatable bonds is 3. The molecule has 4 heterocycles. The molecule has 3 aliphatic rings. The lowest BCUT2D eigenvalue weighted by Gasteiger charge is -2.37. The number of piperazine rings is 1. The van der Waals surface area contributed by atoms with Gasteiger partial charge in [0, 0.05) is 56.6 Å². The average Bonchev–Trinajstić information content (AvgIpc) is 3.23. The fraction of sp³-hybridized carbons (Fsp3) is 0.600. The van der Waals surface area contributed by atoms with Crippen LogP contribution in [0.15, 0.2) is 12.4 Å². The highest BCUT2D eigenvalue weighted by Gasteiger charge is 2.25. The predicted molar refractivity (Wildman–Crippen MR) is 108 cm³/mol. The first kappa shape index (κ1) is 17.6. The van der Waals surface area contributed by atoms with Gasteiger partial charge in [-0.25, -0.2) is 19.9 Å². The number of aryl methyl sites for hydroxylation is 2. The maximum atomic E-state index is 5.47. The Labute approximate surface area is 165 Å². The van der Waals surface area contributed by atoms with E-state index in [4.69, 9.17) is 9.72 Å². The zero-order valence-electron chi connectivity index (χ0n) is 16.5. The molecule has 1 aliphatic carbocycles. The van der Waals surface area contributed by atoms with E-state index in [-0.39, 0.29) is 0 Å². The van der Waals surface area contributed by atoms with Gasteiger partial charge in [-0.05, 0) is 26.2 Å². The Balaban J connectivity index is 1.31. The summed E-state index contributed by atoms with van der Waals surface area (Å²) in [4.78, 5) is 25.5. The number of hydrogen-bond acceptors (Lipinski definition) is 8. The third-order valence-electron chi connectivity index (χ3n) is 5.90. The first-order valence-electron chi connectivity index (χ1n) is 10.3. The Kier molecular flexibility index (Phi) is 4.72. The molecule has 0 radical (unpaired) electrons. The van der Waals surface area contributed by atoms with Gasteiger partial charge < -0.3 is 19.4 Å². The van der Waals surface area contributed by atoms with E-state index in [9.17, 15) is 0 Å². The SMILES string of the molecule is Cc1nc(N2CCOCC2)cc(N2CCN(c3ncnc4c3CCC4)CC2)n1. The van der Waals surface area contributed by atoms with Gasteiger partial charge in [-0.2, -0.15) is 0 Å². The molecule has 0 saturated carbocycles. The molecule has 2 fully saturated rings. The fourth-order valence-corrected chi connectivity index (χ4v) is 4.42. The summed E-state index contributed by atoms with van der Waals surface area (Å²) < 4.78 is 5.47. The van der Waals surface area contributed by atoms with Crippen molar-refractivity contribution >= 4 is 17.5 Å². The summed E-state index contributed by atoms with van der Waals surface area (Å²) in [6.45, 7) is 9.09. The van der Waals surface area contributed by atoms with Crippen molar-refractivity contribution in [1.82, 2.24) is 19.9 Å². The van der Waals surface area contributed by atoms with Crippen molar-refractivity contribution in [2.45, 2.75) is 26.2 Å². The largest absolute Gasteiger partial charge is 0.378 e. The number of aromatic nitrogens is 4. The molecule has 0 N–H and O–H groups in total. The molecule has 0 amide bonds. The summed E-state index contributed by atoms with van der Waals surface area (Å²) in [7, 11) is 0. The molecule has 5 rings (SSSR count). The van der Waals surface area contributed by atoms with E-state index in [2.05, 4.69) is 35.7 Å². The number of fused-ring (bicyclic) bond motifs is 1. The lowest BCUT2D eigenvalue weighted by atomic mass is 10.2. The number of nitrogens with zero attached hydrogens (tertiary/aromatic N) is 7. The Bertz CT molecular complexity index is 844. The lowest BCUT2D eigenvalue weighted by molar-refractivity contribution is 0.122. The van der Waals surface area contributed by atoms with Crippen molar-refractivity contribution in [3.05, 3.63) is 29.5 Å². The predicted octanol–water partition coefficient (Wildman–Crippen LogP) is 1.23. The van der Waals surface area contributed by atoms with Crippen molar-refractivity contribution in [2.24, 2.45) is 0 Å². The van der Waals surface area contributed by atoms with Gasteiger partial charge in [-0.1, -0.05) is 0 Å². The van der Waals surface area contributed by atoms with Crippen LogP contribution in [0.3, 0.4) is 0 Å². The maximum absolute atomic E-state index is 5.47. The van der Waals surface area contributed by atoms with Crippen molar-refractivity contribution < 1.29 is 4.74 Å². The van der Waals surface area contributed by atoms with Crippen LogP contribution in [0.1, 0.15) is 23.5 Å². The summed E-state index contributed by atoms with van der Waals surface area (Å²) >= 11 is 0. The van der Waals surface area contributed by atoms with Crippen LogP contribution in [-0.2, 0) is 17.6 Å². The van der Waals surface area contributed by atoms with E-state index in [0.29, 0.717) is 0 Å². The van der Waals surface area contributed by atoms with Crippen LogP contribution in [0.4, 0.5) is 17.5 Å². The Morgan fingerprint density at radius 2 is 1.50 bits per heavy atom. The van der Waals surface area contributed by atoms with E-state index >= 15 is 0 Å². The van der Waals surface area contributed by atoms with Crippen LogP contribution in [0.2, 0.25) is 0 Å². The molecule has 148 valence electrons. The highest BCUT2D eigenvalue weighted by Crippen LogP contribution is 2.29. The average molecular weight is 381 g/mol. The first-order valence-corrected chi connectivity index (χ1v) is 10.3. The second kappa shape index (κ2) is 7.50. The summed E-state index contributed by atoms with van der Waals surface area (Å²) in [5, 5.41) is 0. The molecule has 2 saturated heterocycles. The van der Waals surface area contributed by atoms with Crippen molar-refractivity contribution in [2.75, 3.05) is 67.2 Å². The molecule has 8 nitrogen and oxygen atoms in total. The summed E-state index contributed by atoms with van der Waals surface area (Å²) in [6.07, 6.45) is 5.13. The first-order chi connectivity index (χ1) is 13.8. The molecule has 0 bridgehead atoms. The van der Waals surface area contributed by atoms with Crippen molar-refractivity contribution in [3.63, 3.8) is 0 Å². The number of anilines is 3. The molecule has 0 aromatic carbocycles. The van der Waals surface area contributed by atoms with Crippen LogP contribution in [0, 0.1) is 6.92 Å². The van der Waals surface area contributed by atoms with E-state index in [0.717, 1.165) is 88.6 Å². The zero-order valence-corrected chi connectivity index (χ0v) is 16.5. The second-order valence-corrected chi connectivity index (χ2v) is 7.68. The minimum atomic E-state index is 0.764. The van der Waals surface area contributed by atoms with Crippen LogP contribution in [-0.4, -0.2) is 72.4 Å². The third-order valence-corrected chi connectivity index (χ3v) is 5.90. The van der Waals surface area contributed by atoms with Gasteiger partial charge in [0.15, 0.2) is 0 Å². The molecule has 2 aromatic heterocycles. The van der Waals surface area contributed by atoms with Crippen LogP contribution < -0.4 is 14.7 Å². The van der Waals surface area contributed by atoms with Crippen molar-refractivity contribution in [3.8, 4) is 0 Å². The monoisotopic (exact) mass is 381 g/mol. The van der Waals surface area contributed by atoms with Gasteiger partial charge in [0.2, 0.25) is 0 Å². The van der Waals surface area contributed by atoms with Gasteiger partial charge >= 0.3 is 0 Å². The topological polar surface area (TPSA) is 70.5 Å². The molecule has 2 aliphatic heterocycles. The van der Waals surface area contributed by atoms with Crippen LogP contribution >= 0.6 is 0 Å². The number of ether oxygens (including phenoxy) is 1. The fourth-order valence-electron chi connectivity index (χ4n) is 4.42. The van der Waals surface area contributed by atoms with E-state index in [1.807, 2.05) is 6.92 Å². The highest BCUT2D eigenvalue weighted by atomic mass is 16.5. The molecule has 28 heavy (non-hydrogen) atoms. The van der Waals surface area contributed by atoms with Crippen LogP contribution in [0.5, 0.6) is 0 Å². The standard InChI is InChI=1S/C20H27N7O/c1-15-23-18(13-19(24-15)26-9-11-28-12-10-26)25-5-7-27(8-6-25)20-16-3-2-4-17(16)21-14-22-20/h13-14H,2-12H2,1H3. The summed E-state index contributed by atoms with van der Waals surface area (Å²) in [5.41, 5.74) is 2.61. The normalized spacial score (nSPS) is 19.8. The molecule has 0 atom stereocenters. The minimum Gasteiger partial charge on any atom is -0.378 e. The van der Waals surface area contributed by atoms with Crippen LogP contribution in [0.25, 0.3) is 0 Å². The summed E-state index contributed by atoms with van der Waals surface area (Å²) in [5.74, 6) is 4.02. The van der Waals surface area contributed by atoms with Gasteiger partial charge in [-0.3, -0.25) is 0 Å². The minimum absolute atomic E-state index is 0.764. The molecule has 0 unspecified atom stereocenters. The van der Waals surface area contributed by atoms with E-state index in [1.54, 1.807) is 6.33 Å². The second-order valence-electron chi connectivity index (χ2n) is 7.68. The molecule has 2 aromatic rings. The molecule has 8 heteroatoms. The van der Waals surface area contributed by atoms with Gasteiger partial charge in [0.25, 0.3) is 0 Å². The number of hydrogen-bond donors (Lipinski definition) is 0. The van der Waals surface area contributed by atoms with Gasteiger partial charge in [-0.15, -0.1) is 0 Å². The van der Waals surface area contributed by atoms with E-state index < -0.39 is 0 Å². The summed E-state index contributed by atoms with van der Waals surface area (Å²) in [6, 6.07) is 2.14. The lowest BCUT2D eigenvalue weighted by Crippen LogP contribution is -2.47. The van der Waals surface area contributed by atoms with Gasteiger partial charge in [0.1, 0.15) is 29.6 Å². The molecule has 0 spiro atoms. The number of morpholine rings is 1. The maximum Gasteiger partial charge on any atom is 0.135 e. The quantitative estimate of drug-likeness (QED) is 0.786.